The van der Waals surface area contributed by atoms with Crippen LogP contribution in [0.1, 0.15) is 22.3 Å². The van der Waals surface area contributed by atoms with Crippen molar-refractivity contribution in [3.63, 3.8) is 0 Å². The minimum atomic E-state index is -4.03. The summed E-state index contributed by atoms with van der Waals surface area (Å²) in [6.07, 6.45) is 1.40. The summed E-state index contributed by atoms with van der Waals surface area (Å²) in [5.74, 6) is 0.676. The fourth-order valence-corrected chi connectivity index (χ4v) is 5.17. The van der Waals surface area contributed by atoms with Crippen molar-refractivity contribution < 1.29 is 27.4 Å². The van der Waals surface area contributed by atoms with E-state index in [0.717, 1.165) is 21.0 Å². The molecule has 0 unspecified atom stereocenters. The number of hydrogen-bond acceptors (Lipinski definition) is 7. The van der Waals surface area contributed by atoms with Crippen molar-refractivity contribution in [2.24, 2.45) is 5.10 Å². The first-order valence-corrected chi connectivity index (χ1v) is 12.8. The van der Waals surface area contributed by atoms with E-state index in [1.807, 2.05) is 26.8 Å². The second-order valence-corrected chi connectivity index (χ2v) is 10.3. The zero-order chi connectivity index (χ0) is 27.2. The molecule has 196 valence electrons. The van der Waals surface area contributed by atoms with E-state index in [0.29, 0.717) is 28.5 Å². The number of anilines is 1. The summed E-state index contributed by atoms with van der Waals surface area (Å²) in [5, 5.41) is 4.00. The molecule has 1 amide bonds. The number of nitrogens with one attached hydrogen (secondary N) is 1. The first kappa shape index (κ1) is 27.5. The van der Waals surface area contributed by atoms with Gasteiger partial charge in [-0.1, -0.05) is 23.8 Å². The highest BCUT2D eigenvalue weighted by molar-refractivity contribution is 7.92. The Hall–Kier alpha value is -4.05. The fourth-order valence-electron chi connectivity index (χ4n) is 3.77. The molecular formula is C27H31N3O6S. The molecule has 0 aliphatic rings. The Labute approximate surface area is 217 Å². The molecule has 3 aromatic carbocycles. The van der Waals surface area contributed by atoms with Gasteiger partial charge in [-0.3, -0.25) is 9.10 Å². The van der Waals surface area contributed by atoms with Crippen LogP contribution in [0.4, 0.5) is 5.69 Å². The van der Waals surface area contributed by atoms with Crippen molar-refractivity contribution in [2.75, 3.05) is 32.2 Å². The molecular weight excluding hydrogens is 494 g/mol. The van der Waals surface area contributed by atoms with Gasteiger partial charge in [-0.15, -0.1) is 0 Å². The molecule has 0 heterocycles. The predicted molar refractivity (Wildman–Crippen MR) is 143 cm³/mol. The number of sulfonamides is 1. The Morgan fingerprint density at radius 3 is 1.95 bits per heavy atom. The molecule has 9 nitrogen and oxygen atoms in total. The monoisotopic (exact) mass is 525 g/mol. The quantitative estimate of drug-likeness (QED) is 0.317. The minimum absolute atomic E-state index is 0.0889. The lowest BCUT2D eigenvalue weighted by atomic mass is 10.1. The maximum absolute atomic E-state index is 13.6. The van der Waals surface area contributed by atoms with E-state index in [1.54, 1.807) is 36.4 Å². The molecule has 0 aromatic heterocycles. The van der Waals surface area contributed by atoms with E-state index >= 15 is 0 Å². The highest BCUT2D eigenvalue weighted by atomic mass is 32.2. The number of methoxy groups -OCH3 is 3. The molecule has 0 aliphatic heterocycles. The number of hydrogen-bond donors (Lipinski definition) is 1. The van der Waals surface area contributed by atoms with Crippen LogP contribution in [0.2, 0.25) is 0 Å². The summed E-state index contributed by atoms with van der Waals surface area (Å²) < 4.78 is 44.2. The Morgan fingerprint density at radius 2 is 1.43 bits per heavy atom. The predicted octanol–water partition coefficient (Wildman–Crippen LogP) is 3.98. The van der Waals surface area contributed by atoms with Crippen molar-refractivity contribution >= 4 is 27.8 Å². The van der Waals surface area contributed by atoms with E-state index in [4.69, 9.17) is 14.2 Å². The summed E-state index contributed by atoms with van der Waals surface area (Å²) in [4.78, 5) is 13.0. The van der Waals surface area contributed by atoms with E-state index in [1.165, 1.54) is 39.7 Å². The molecule has 0 aliphatic carbocycles. The Kier molecular flexibility index (Phi) is 8.77. The van der Waals surface area contributed by atoms with Gasteiger partial charge in [0.05, 0.1) is 38.1 Å². The lowest BCUT2D eigenvalue weighted by Gasteiger charge is -2.24. The van der Waals surface area contributed by atoms with Crippen LogP contribution in [0.5, 0.6) is 17.2 Å². The van der Waals surface area contributed by atoms with Gasteiger partial charge < -0.3 is 14.2 Å². The average molecular weight is 526 g/mol. The van der Waals surface area contributed by atoms with E-state index in [9.17, 15) is 13.2 Å². The topological polar surface area (TPSA) is 107 Å². The van der Waals surface area contributed by atoms with Crippen molar-refractivity contribution in [2.45, 2.75) is 25.7 Å². The van der Waals surface area contributed by atoms with Crippen molar-refractivity contribution in [1.82, 2.24) is 5.43 Å². The maximum atomic E-state index is 13.6. The molecule has 3 aromatic rings. The molecule has 0 spiro atoms. The summed E-state index contributed by atoms with van der Waals surface area (Å²) >= 11 is 0. The van der Waals surface area contributed by atoms with Crippen LogP contribution >= 0.6 is 0 Å². The van der Waals surface area contributed by atoms with E-state index in [2.05, 4.69) is 10.5 Å². The van der Waals surface area contributed by atoms with Crippen LogP contribution in [0.25, 0.3) is 0 Å². The standard InChI is InChI=1S/C27H31N3O6S/c1-18-7-9-23(10-8-18)37(32,33)30(22-12-19(2)11-20(3)13-22)17-26(31)29-28-16-21-14-24(34-4)27(36-6)25(15-21)35-5/h7-16H,17H2,1-6H3,(H,29,31)/b28-16-. The van der Waals surface area contributed by atoms with Gasteiger partial charge in [-0.2, -0.15) is 5.10 Å². The van der Waals surface area contributed by atoms with Crippen molar-refractivity contribution in [1.29, 1.82) is 0 Å². The number of ether oxygens (including phenoxy) is 3. The molecule has 0 saturated heterocycles. The van der Waals surface area contributed by atoms with Crippen LogP contribution in [0.3, 0.4) is 0 Å². The molecule has 0 radical (unpaired) electrons. The number of nitrogens with zero attached hydrogens (tertiary/aromatic N) is 2. The molecule has 1 N–H and O–H groups in total. The second kappa shape index (κ2) is 11.8. The maximum Gasteiger partial charge on any atom is 0.264 e. The number of carbonyl (C=O) groups is 1. The number of aryl methyl sites for hydroxylation is 3. The zero-order valence-corrected chi connectivity index (χ0v) is 22.5. The van der Waals surface area contributed by atoms with Crippen LogP contribution in [0, 0.1) is 20.8 Å². The number of hydrazone groups is 1. The summed E-state index contributed by atoms with van der Waals surface area (Å²) in [5.41, 5.74) is 6.05. The van der Waals surface area contributed by atoms with Gasteiger partial charge >= 0.3 is 0 Å². The first-order chi connectivity index (χ1) is 17.6. The van der Waals surface area contributed by atoms with Gasteiger partial charge in [0.1, 0.15) is 6.54 Å². The van der Waals surface area contributed by atoms with Crippen molar-refractivity contribution in [3.8, 4) is 17.2 Å². The molecule has 0 atom stereocenters. The average Bonchev–Trinajstić information content (AvgIpc) is 2.86. The van der Waals surface area contributed by atoms with Gasteiger partial charge in [0.15, 0.2) is 11.5 Å². The molecule has 10 heteroatoms. The van der Waals surface area contributed by atoms with E-state index in [-0.39, 0.29) is 4.90 Å². The summed E-state index contributed by atoms with van der Waals surface area (Å²) in [7, 11) is 0.464. The highest BCUT2D eigenvalue weighted by Gasteiger charge is 2.27. The molecule has 0 bridgehead atoms. The van der Waals surface area contributed by atoms with Gasteiger partial charge in [0.25, 0.3) is 15.9 Å². The molecule has 0 fully saturated rings. The number of rotatable bonds is 10. The number of benzene rings is 3. The largest absolute Gasteiger partial charge is 0.493 e. The van der Waals surface area contributed by atoms with Gasteiger partial charge in [0.2, 0.25) is 5.75 Å². The van der Waals surface area contributed by atoms with Crippen LogP contribution in [0.15, 0.2) is 64.6 Å². The second-order valence-electron chi connectivity index (χ2n) is 8.42. The van der Waals surface area contributed by atoms with Gasteiger partial charge in [-0.25, -0.2) is 13.8 Å². The number of carbonyl (C=O) groups excluding carboxylic acids is 1. The molecule has 37 heavy (non-hydrogen) atoms. The van der Waals surface area contributed by atoms with Crippen LogP contribution < -0.4 is 23.9 Å². The van der Waals surface area contributed by atoms with Crippen molar-refractivity contribution in [3.05, 3.63) is 76.9 Å². The Balaban J connectivity index is 1.88. The smallest absolute Gasteiger partial charge is 0.264 e. The van der Waals surface area contributed by atoms with Crippen LogP contribution in [-0.4, -0.2) is 48.4 Å². The minimum Gasteiger partial charge on any atom is -0.493 e. The third-order valence-corrected chi connectivity index (χ3v) is 7.27. The number of amides is 1. The lowest BCUT2D eigenvalue weighted by Crippen LogP contribution is -2.39. The third-order valence-electron chi connectivity index (χ3n) is 5.48. The third kappa shape index (κ3) is 6.59. The summed E-state index contributed by atoms with van der Waals surface area (Å²) in [6.45, 7) is 5.15. The lowest BCUT2D eigenvalue weighted by molar-refractivity contribution is -0.119. The zero-order valence-electron chi connectivity index (χ0n) is 21.7. The first-order valence-electron chi connectivity index (χ1n) is 11.4. The Bertz CT molecular complexity index is 1360. The summed E-state index contributed by atoms with van der Waals surface area (Å²) in [6, 6.07) is 15.2. The van der Waals surface area contributed by atoms with E-state index < -0.39 is 22.5 Å². The van der Waals surface area contributed by atoms with Gasteiger partial charge in [-0.05, 0) is 68.3 Å². The van der Waals surface area contributed by atoms with Gasteiger partial charge in [0, 0.05) is 5.56 Å². The fraction of sp³-hybridized carbons (Fsp3) is 0.259. The van der Waals surface area contributed by atoms with Crippen LogP contribution in [-0.2, 0) is 14.8 Å². The molecule has 0 saturated carbocycles. The normalized spacial score (nSPS) is 11.3. The SMILES string of the molecule is COc1cc(/C=N\NC(=O)CN(c2cc(C)cc(C)c2)S(=O)(=O)c2ccc(C)cc2)cc(OC)c1OC. The Morgan fingerprint density at radius 1 is 0.865 bits per heavy atom. The molecule has 3 rings (SSSR count). The highest BCUT2D eigenvalue weighted by Crippen LogP contribution is 2.37.